The van der Waals surface area contributed by atoms with Crippen molar-refractivity contribution in [3.05, 3.63) is 29.6 Å². The SMILES string of the molecule is CCNC1CCCC(Oc2cccc(C)c2F)C1. The molecule has 1 aromatic rings. The van der Waals surface area contributed by atoms with Crippen molar-refractivity contribution in [3.8, 4) is 5.75 Å². The first-order chi connectivity index (χ1) is 8.70. The summed E-state index contributed by atoms with van der Waals surface area (Å²) in [4.78, 5) is 0. The Hall–Kier alpha value is -1.09. The van der Waals surface area contributed by atoms with E-state index in [2.05, 4.69) is 12.2 Å². The predicted octanol–water partition coefficient (Wildman–Crippen LogP) is 3.43. The van der Waals surface area contributed by atoms with Gasteiger partial charge in [-0.15, -0.1) is 0 Å². The van der Waals surface area contributed by atoms with Gasteiger partial charge < -0.3 is 10.1 Å². The minimum Gasteiger partial charge on any atom is -0.487 e. The molecular weight excluding hydrogens is 229 g/mol. The van der Waals surface area contributed by atoms with Crippen molar-refractivity contribution in [2.45, 2.75) is 51.7 Å². The molecule has 0 saturated heterocycles. The van der Waals surface area contributed by atoms with Gasteiger partial charge in [0.2, 0.25) is 0 Å². The summed E-state index contributed by atoms with van der Waals surface area (Å²) in [5, 5.41) is 3.45. The van der Waals surface area contributed by atoms with Gasteiger partial charge in [-0.1, -0.05) is 19.1 Å². The van der Waals surface area contributed by atoms with Crippen molar-refractivity contribution >= 4 is 0 Å². The molecule has 1 aliphatic carbocycles. The Morgan fingerprint density at radius 1 is 1.39 bits per heavy atom. The molecule has 2 nitrogen and oxygen atoms in total. The smallest absolute Gasteiger partial charge is 0.167 e. The summed E-state index contributed by atoms with van der Waals surface area (Å²) >= 11 is 0. The summed E-state index contributed by atoms with van der Waals surface area (Å²) in [5.41, 5.74) is 0.645. The number of nitrogens with one attached hydrogen (secondary N) is 1. The van der Waals surface area contributed by atoms with Crippen LogP contribution in [0, 0.1) is 12.7 Å². The van der Waals surface area contributed by atoms with Crippen LogP contribution in [-0.2, 0) is 0 Å². The van der Waals surface area contributed by atoms with Crippen LogP contribution in [0.2, 0.25) is 0 Å². The van der Waals surface area contributed by atoms with E-state index in [9.17, 15) is 4.39 Å². The first-order valence-electron chi connectivity index (χ1n) is 6.86. The van der Waals surface area contributed by atoms with E-state index in [-0.39, 0.29) is 11.9 Å². The van der Waals surface area contributed by atoms with Gasteiger partial charge >= 0.3 is 0 Å². The summed E-state index contributed by atoms with van der Waals surface area (Å²) < 4.78 is 19.7. The minimum absolute atomic E-state index is 0.138. The fourth-order valence-corrected chi connectivity index (χ4v) is 2.62. The lowest BCUT2D eigenvalue weighted by Crippen LogP contribution is -2.38. The fraction of sp³-hybridized carbons (Fsp3) is 0.600. The van der Waals surface area contributed by atoms with Crippen LogP contribution in [0.1, 0.15) is 38.2 Å². The van der Waals surface area contributed by atoms with Gasteiger partial charge in [-0.2, -0.15) is 0 Å². The second kappa shape index (κ2) is 6.19. The third kappa shape index (κ3) is 3.22. The molecule has 1 aromatic carbocycles. The van der Waals surface area contributed by atoms with Gasteiger partial charge in [0.1, 0.15) is 6.10 Å². The highest BCUT2D eigenvalue weighted by Gasteiger charge is 2.23. The lowest BCUT2D eigenvalue weighted by Gasteiger charge is -2.30. The fourth-order valence-electron chi connectivity index (χ4n) is 2.62. The second-order valence-corrected chi connectivity index (χ2v) is 5.05. The number of aryl methyl sites for hydroxylation is 1. The monoisotopic (exact) mass is 251 g/mol. The number of halogens is 1. The van der Waals surface area contributed by atoms with E-state index in [1.165, 1.54) is 6.42 Å². The quantitative estimate of drug-likeness (QED) is 0.885. The average Bonchev–Trinajstić information content (AvgIpc) is 2.36. The van der Waals surface area contributed by atoms with Crippen molar-refractivity contribution in [1.82, 2.24) is 5.32 Å². The van der Waals surface area contributed by atoms with Crippen LogP contribution in [0.25, 0.3) is 0 Å². The first kappa shape index (κ1) is 13.3. The molecule has 18 heavy (non-hydrogen) atoms. The lowest BCUT2D eigenvalue weighted by atomic mass is 9.93. The molecule has 0 radical (unpaired) electrons. The zero-order valence-corrected chi connectivity index (χ0v) is 11.2. The third-order valence-corrected chi connectivity index (χ3v) is 3.57. The van der Waals surface area contributed by atoms with E-state index in [0.717, 1.165) is 25.8 Å². The van der Waals surface area contributed by atoms with Gasteiger partial charge in [0, 0.05) is 6.04 Å². The van der Waals surface area contributed by atoms with Gasteiger partial charge in [-0.25, -0.2) is 4.39 Å². The van der Waals surface area contributed by atoms with Crippen LogP contribution >= 0.6 is 0 Å². The van der Waals surface area contributed by atoms with E-state index in [1.807, 2.05) is 6.07 Å². The van der Waals surface area contributed by atoms with E-state index in [4.69, 9.17) is 4.74 Å². The number of benzene rings is 1. The van der Waals surface area contributed by atoms with Crippen LogP contribution in [0.3, 0.4) is 0 Å². The molecule has 1 saturated carbocycles. The Morgan fingerprint density at radius 2 is 2.22 bits per heavy atom. The average molecular weight is 251 g/mol. The third-order valence-electron chi connectivity index (χ3n) is 3.57. The second-order valence-electron chi connectivity index (χ2n) is 5.05. The Bertz CT molecular complexity index is 392. The van der Waals surface area contributed by atoms with Crippen molar-refractivity contribution in [3.63, 3.8) is 0 Å². The highest BCUT2D eigenvalue weighted by Crippen LogP contribution is 2.26. The maximum atomic E-state index is 13.9. The molecule has 1 fully saturated rings. The van der Waals surface area contributed by atoms with Crippen LogP contribution in [0.15, 0.2) is 18.2 Å². The molecule has 2 rings (SSSR count). The van der Waals surface area contributed by atoms with Gasteiger partial charge in [0.05, 0.1) is 0 Å². The minimum atomic E-state index is -0.219. The maximum absolute atomic E-state index is 13.9. The summed E-state index contributed by atoms with van der Waals surface area (Å²) in [6, 6.07) is 5.85. The number of hydrogen-bond donors (Lipinski definition) is 1. The Morgan fingerprint density at radius 3 is 3.00 bits per heavy atom. The van der Waals surface area contributed by atoms with Gasteiger partial charge in [0.15, 0.2) is 11.6 Å². The summed E-state index contributed by atoms with van der Waals surface area (Å²) in [5.74, 6) is 0.181. The van der Waals surface area contributed by atoms with Gasteiger partial charge in [0.25, 0.3) is 0 Å². The summed E-state index contributed by atoms with van der Waals surface area (Å²) in [7, 11) is 0. The highest BCUT2D eigenvalue weighted by molar-refractivity contribution is 5.30. The van der Waals surface area contributed by atoms with E-state index in [0.29, 0.717) is 17.4 Å². The van der Waals surface area contributed by atoms with Crippen LogP contribution in [0.5, 0.6) is 5.75 Å². The number of rotatable bonds is 4. The molecule has 0 heterocycles. The molecular formula is C15H22FNO. The zero-order chi connectivity index (χ0) is 13.0. The zero-order valence-electron chi connectivity index (χ0n) is 11.2. The Kier molecular flexibility index (Phi) is 4.59. The normalized spacial score (nSPS) is 23.9. The van der Waals surface area contributed by atoms with Crippen LogP contribution in [0.4, 0.5) is 4.39 Å². The lowest BCUT2D eigenvalue weighted by molar-refractivity contribution is 0.130. The predicted molar refractivity (Wildman–Crippen MR) is 71.5 cm³/mol. The molecule has 100 valence electrons. The summed E-state index contributed by atoms with van der Waals surface area (Å²) in [6.07, 6.45) is 4.48. The Balaban J connectivity index is 1.98. The molecule has 2 atom stereocenters. The van der Waals surface area contributed by atoms with E-state index in [1.54, 1.807) is 19.1 Å². The molecule has 0 bridgehead atoms. The highest BCUT2D eigenvalue weighted by atomic mass is 19.1. The Labute approximate surface area is 109 Å². The van der Waals surface area contributed by atoms with Crippen LogP contribution in [-0.4, -0.2) is 18.7 Å². The molecule has 0 amide bonds. The molecule has 3 heteroatoms. The van der Waals surface area contributed by atoms with E-state index < -0.39 is 0 Å². The topological polar surface area (TPSA) is 21.3 Å². The van der Waals surface area contributed by atoms with Crippen molar-refractivity contribution in [2.24, 2.45) is 0 Å². The molecule has 0 spiro atoms. The largest absolute Gasteiger partial charge is 0.487 e. The number of hydrogen-bond acceptors (Lipinski definition) is 2. The summed E-state index contributed by atoms with van der Waals surface area (Å²) in [6.45, 7) is 4.87. The first-order valence-corrected chi connectivity index (χ1v) is 6.86. The molecule has 0 aromatic heterocycles. The van der Waals surface area contributed by atoms with Gasteiger partial charge in [-0.3, -0.25) is 0 Å². The molecule has 1 aliphatic rings. The van der Waals surface area contributed by atoms with Gasteiger partial charge in [-0.05, 0) is 50.8 Å². The number of ether oxygens (including phenoxy) is 1. The van der Waals surface area contributed by atoms with E-state index >= 15 is 0 Å². The standard InChI is InChI=1S/C15H22FNO/c1-3-17-12-7-5-8-13(10-12)18-14-9-4-6-11(2)15(14)16/h4,6,9,12-13,17H,3,5,7-8,10H2,1-2H3. The van der Waals surface area contributed by atoms with Crippen molar-refractivity contribution < 1.29 is 9.13 Å². The molecule has 2 unspecified atom stereocenters. The maximum Gasteiger partial charge on any atom is 0.167 e. The van der Waals surface area contributed by atoms with Crippen molar-refractivity contribution in [2.75, 3.05) is 6.54 Å². The molecule has 0 aliphatic heterocycles. The molecule has 1 N–H and O–H groups in total. The van der Waals surface area contributed by atoms with Crippen molar-refractivity contribution in [1.29, 1.82) is 0 Å². The van der Waals surface area contributed by atoms with Crippen LogP contribution < -0.4 is 10.1 Å².